The van der Waals surface area contributed by atoms with Gasteiger partial charge in [-0.05, 0) is 61.3 Å². The number of ether oxygens (including phenoxy) is 3. The average Bonchev–Trinajstić information content (AvgIpc) is 3.10. The summed E-state index contributed by atoms with van der Waals surface area (Å²) < 4.78 is 47.2. The molecular weight excluding hydrogens is 616 g/mol. The maximum absolute atomic E-state index is 14.0. The van der Waals surface area contributed by atoms with E-state index >= 15 is 0 Å². The van der Waals surface area contributed by atoms with Crippen LogP contribution in [0.5, 0.6) is 17.2 Å². The summed E-state index contributed by atoms with van der Waals surface area (Å²) in [6.07, 6.45) is 5.12. The molecule has 5 aromatic rings. The fraction of sp³-hybridized carbons (Fsp3) is 0.263. The number of halogens is 2. The Morgan fingerprint density at radius 2 is 1.50 bits per heavy atom. The third-order valence-corrected chi connectivity index (χ3v) is 8.72. The first kappa shape index (κ1) is 32.7. The monoisotopic (exact) mass is 653 g/mol. The van der Waals surface area contributed by atoms with Crippen LogP contribution >= 0.6 is 0 Å². The molecule has 1 aliphatic rings. The lowest BCUT2D eigenvalue weighted by atomic mass is 10.1. The van der Waals surface area contributed by atoms with E-state index in [9.17, 15) is 18.4 Å². The Morgan fingerprint density at radius 3 is 2.21 bits per heavy atom. The Balaban J connectivity index is 1.39. The van der Waals surface area contributed by atoms with Crippen molar-refractivity contribution in [2.24, 2.45) is 0 Å². The normalized spacial score (nSPS) is 13.4. The van der Waals surface area contributed by atoms with Crippen molar-refractivity contribution in [3.8, 4) is 22.9 Å². The molecule has 0 saturated carbocycles. The van der Waals surface area contributed by atoms with Gasteiger partial charge in [-0.15, -0.1) is 0 Å². The van der Waals surface area contributed by atoms with Crippen molar-refractivity contribution in [2.75, 3.05) is 39.3 Å². The molecule has 0 spiro atoms. The van der Waals surface area contributed by atoms with Crippen LogP contribution < -0.4 is 24.5 Å². The van der Waals surface area contributed by atoms with Gasteiger partial charge in [0.25, 0.3) is 5.91 Å². The molecule has 0 atom stereocenters. The van der Waals surface area contributed by atoms with Crippen molar-refractivity contribution in [3.05, 3.63) is 124 Å². The van der Waals surface area contributed by atoms with Crippen LogP contribution in [-0.2, 0) is 13.2 Å². The highest BCUT2D eigenvalue weighted by molar-refractivity contribution is 6.07. The molecule has 1 fully saturated rings. The molecule has 1 aromatic heterocycles. The smallest absolute Gasteiger partial charge is 0.263 e. The highest BCUT2D eigenvalue weighted by Crippen LogP contribution is 2.30. The second-order valence-corrected chi connectivity index (χ2v) is 11.9. The zero-order chi connectivity index (χ0) is 33.8. The predicted octanol–water partition coefficient (Wildman–Crippen LogP) is 7.13. The Labute approximate surface area is 277 Å². The predicted molar refractivity (Wildman–Crippen MR) is 182 cm³/mol. The Bertz CT molecular complexity index is 2000. The first-order valence-electron chi connectivity index (χ1n) is 15.8. The van der Waals surface area contributed by atoms with E-state index < -0.39 is 23.0 Å². The molecular formula is C38H37F2N3O5. The second-order valence-electron chi connectivity index (χ2n) is 11.9. The number of methoxy groups -OCH3 is 2. The number of piperidine rings is 1. The van der Waals surface area contributed by atoms with Crippen LogP contribution in [0.25, 0.3) is 16.6 Å². The van der Waals surface area contributed by atoms with Gasteiger partial charge in [0.15, 0.2) is 0 Å². The summed E-state index contributed by atoms with van der Waals surface area (Å²) in [4.78, 5) is 31.0. The van der Waals surface area contributed by atoms with Crippen LogP contribution in [0.4, 0.5) is 14.5 Å². The van der Waals surface area contributed by atoms with Gasteiger partial charge in [0, 0.05) is 61.2 Å². The summed E-state index contributed by atoms with van der Waals surface area (Å²) in [5.41, 5.74) is 2.55. The fourth-order valence-electron chi connectivity index (χ4n) is 6.10. The van der Waals surface area contributed by atoms with Gasteiger partial charge in [-0.2, -0.15) is 0 Å². The Kier molecular flexibility index (Phi) is 9.72. The van der Waals surface area contributed by atoms with Crippen LogP contribution in [0.3, 0.4) is 0 Å². The zero-order valence-corrected chi connectivity index (χ0v) is 27.2. The van der Waals surface area contributed by atoms with Crippen LogP contribution in [0.2, 0.25) is 0 Å². The maximum atomic E-state index is 14.0. The molecule has 0 aliphatic carbocycles. The topological polar surface area (TPSA) is 73.2 Å². The van der Waals surface area contributed by atoms with E-state index in [2.05, 4.69) is 17.0 Å². The summed E-state index contributed by atoms with van der Waals surface area (Å²) in [6, 6.07) is 21.3. The molecule has 0 unspecified atom stereocenters. The summed E-state index contributed by atoms with van der Waals surface area (Å²) in [5, 5.41) is 0.248. The molecule has 1 amide bonds. The number of benzene rings is 4. The van der Waals surface area contributed by atoms with Crippen molar-refractivity contribution in [1.29, 1.82) is 0 Å². The maximum Gasteiger partial charge on any atom is 0.263 e. The van der Waals surface area contributed by atoms with Crippen molar-refractivity contribution >= 4 is 22.5 Å². The van der Waals surface area contributed by atoms with Crippen LogP contribution in [0, 0.1) is 11.6 Å². The number of likely N-dealkylation sites (tertiary alicyclic amines) is 1. The first-order chi connectivity index (χ1) is 23.2. The molecule has 248 valence electrons. The third-order valence-electron chi connectivity index (χ3n) is 8.72. The standard InChI is InChI=1S/C38H37F2N3O5/c1-41(29-16-27(39)15-28(40)17-29)38(45)35-23-43(36-21-31(46-2)11-12-34(36)37(35)44)30-18-32(47-3)20-33(19-30)48-24-26-10-6-5-9-25(26)22-42-13-7-4-8-14-42/h5-6,9-12,15-21,23H,4,7-8,13-14,22,24H2,1-3H3. The number of aromatic nitrogens is 1. The number of carbonyl (C=O) groups excluding carboxylic acids is 1. The second kappa shape index (κ2) is 14.3. The van der Waals surface area contributed by atoms with Gasteiger partial charge in [-0.3, -0.25) is 14.5 Å². The van der Waals surface area contributed by atoms with Crippen LogP contribution in [0.15, 0.2) is 89.9 Å². The number of anilines is 1. The molecule has 10 heteroatoms. The van der Waals surface area contributed by atoms with Gasteiger partial charge in [0.1, 0.15) is 41.1 Å². The lowest BCUT2D eigenvalue weighted by molar-refractivity contribution is 0.0991. The van der Waals surface area contributed by atoms with E-state index in [4.69, 9.17) is 14.2 Å². The van der Waals surface area contributed by atoms with Crippen molar-refractivity contribution in [2.45, 2.75) is 32.4 Å². The van der Waals surface area contributed by atoms with Gasteiger partial charge in [0.2, 0.25) is 5.43 Å². The summed E-state index contributed by atoms with van der Waals surface area (Å²) >= 11 is 0. The SMILES string of the molecule is COc1cc(OCc2ccccc2CN2CCCCC2)cc(-n2cc(C(=O)N(C)c3cc(F)cc(F)c3)c(=O)c3ccc(OC)cc32)c1. The zero-order valence-electron chi connectivity index (χ0n) is 27.2. The van der Waals surface area contributed by atoms with Crippen molar-refractivity contribution < 1.29 is 27.8 Å². The highest BCUT2D eigenvalue weighted by Gasteiger charge is 2.22. The van der Waals surface area contributed by atoms with Gasteiger partial charge in [-0.1, -0.05) is 30.7 Å². The molecule has 0 radical (unpaired) electrons. The Morgan fingerprint density at radius 1 is 0.812 bits per heavy atom. The number of pyridine rings is 1. The van der Waals surface area contributed by atoms with E-state index in [-0.39, 0.29) is 16.6 Å². The van der Waals surface area contributed by atoms with Crippen molar-refractivity contribution in [1.82, 2.24) is 9.47 Å². The van der Waals surface area contributed by atoms with E-state index in [1.807, 2.05) is 12.1 Å². The van der Waals surface area contributed by atoms with Gasteiger partial charge in [-0.25, -0.2) is 8.78 Å². The quantitative estimate of drug-likeness (QED) is 0.160. The molecule has 1 aliphatic heterocycles. The third kappa shape index (κ3) is 7.03. The molecule has 0 N–H and O–H groups in total. The number of amides is 1. The number of carbonyl (C=O) groups is 1. The molecule has 48 heavy (non-hydrogen) atoms. The lowest BCUT2D eigenvalue weighted by Gasteiger charge is -2.27. The van der Waals surface area contributed by atoms with E-state index in [1.165, 1.54) is 45.2 Å². The number of rotatable bonds is 10. The van der Waals surface area contributed by atoms with Crippen LogP contribution in [-0.4, -0.2) is 49.7 Å². The molecule has 6 rings (SSSR count). The van der Waals surface area contributed by atoms with E-state index in [1.54, 1.807) is 48.1 Å². The lowest BCUT2D eigenvalue weighted by Crippen LogP contribution is -2.32. The summed E-state index contributed by atoms with van der Waals surface area (Å²) in [6.45, 7) is 3.37. The van der Waals surface area contributed by atoms with Crippen molar-refractivity contribution in [3.63, 3.8) is 0 Å². The molecule has 4 aromatic carbocycles. The van der Waals surface area contributed by atoms with E-state index in [0.717, 1.165) is 42.2 Å². The first-order valence-corrected chi connectivity index (χ1v) is 15.8. The van der Waals surface area contributed by atoms with Crippen LogP contribution in [0.1, 0.15) is 40.7 Å². The van der Waals surface area contributed by atoms with Gasteiger partial charge in [0.05, 0.1) is 25.4 Å². The number of hydrogen-bond donors (Lipinski definition) is 0. The molecule has 8 nitrogen and oxygen atoms in total. The fourth-order valence-corrected chi connectivity index (χ4v) is 6.10. The van der Waals surface area contributed by atoms with Gasteiger partial charge >= 0.3 is 0 Å². The minimum atomic E-state index is -0.842. The number of hydrogen-bond acceptors (Lipinski definition) is 6. The average molecular weight is 654 g/mol. The largest absolute Gasteiger partial charge is 0.497 e. The van der Waals surface area contributed by atoms with Gasteiger partial charge < -0.3 is 23.7 Å². The summed E-state index contributed by atoms with van der Waals surface area (Å²) in [7, 11) is 4.43. The van der Waals surface area contributed by atoms with E-state index in [0.29, 0.717) is 41.1 Å². The Hall–Kier alpha value is -5.22. The number of nitrogens with zero attached hydrogens (tertiary/aromatic N) is 3. The number of fused-ring (bicyclic) bond motifs is 1. The minimum Gasteiger partial charge on any atom is -0.497 e. The molecule has 1 saturated heterocycles. The highest BCUT2D eigenvalue weighted by atomic mass is 19.1. The molecule has 2 heterocycles. The minimum absolute atomic E-state index is 0.0316. The summed E-state index contributed by atoms with van der Waals surface area (Å²) in [5.74, 6) is -0.893. The molecule has 0 bridgehead atoms.